The van der Waals surface area contributed by atoms with Gasteiger partial charge < -0.3 is 25.0 Å². The highest BCUT2D eigenvalue weighted by atomic mass is 16.6. The van der Waals surface area contributed by atoms with E-state index in [2.05, 4.69) is 23.1 Å². The third-order valence-electron chi connectivity index (χ3n) is 5.66. The van der Waals surface area contributed by atoms with E-state index in [4.69, 9.17) is 15.9 Å². The summed E-state index contributed by atoms with van der Waals surface area (Å²) in [4.78, 5) is 53.3. The number of rotatable bonds is 13. The number of ether oxygens (including phenoxy) is 2. The lowest BCUT2D eigenvalue weighted by Crippen LogP contribution is -2.55. The first-order valence-electron chi connectivity index (χ1n) is 12.8. The molecular weight excluding hydrogens is 486 g/mol. The number of benzene rings is 1. The van der Waals surface area contributed by atoms with Gasteiger partial charge in [-0.2, -0.15) is 0 Å². The SMILES string of the molecule is C#Cc1ccccc1C(C(=O)NCCC(=O)OCC)N(CC=C)C(=O)C(NC(=O)OC(C)(C)C)C(C)CC. The minimum absolute atomic E-state index is 0.00334. The molecule has 3 amide bonds. The third kappa shape index (κ3) is 9.92. The second-order valence-corrected chi connectivity index (χ2v) is 9.77. The molecule has 0 fully saturated rings. The molecule has 1 aromatic carbocycles. The normalized spacial score (nSPS) is 13.2. The number of alkyl carbamates (subject to hydrolysis) is 1. The molecular formula is C29H41N3O6. The number of carbonyl (C=O) groups excluding carboxylic acids is 4. The van der Waals surface area contributed by atoms with Gasteiger partial charge in [-0.3, -0.25) is 14.4 Å². The highest BCUT2D eigenvalue weighted by Gasteiger charge is 2.38. The molecule has 3 unspecified atom stereocenters. The average Bonchev–Trinajstić information content (AvgIpc) is 2.85. The van der Waals surface area contributed by atoms with Crippen LogP contribution in [0.15, 0.2) is 36.9 Å². The largest absolute Gasteiger partial charge is 0.466 e. The molecule has 1 aromatic rings. The van der Waals surface area contributed by atoms with Gasteiger partial charge in [0.25, 0.3) is 0 Å². The van der Waals surface area contributed by atoms with Crippen LogP contribution in [0.25, 0.3) is 0 Å². The molecule has 0 aromatic heterocycles. The fraction of sp³-hybridized carbons (Fsp3) is 0.517. The Labute approximate surface area is 226 Å². The molecule has 0 radical (unpaired) electrons. The van der Waals surface area contributed by atoms with Crippen molar-refractivity contribution in [1.82, 2.24) is 15.5 Å². The molecule has 0 bridgehead atoms. The molecule has 0 aliphatic rings. The lowest BCUT2D eigenvalue weighted by molar-refractivity contribution is -0.144. The summed E-state index contributed by atoms with van der Waals surface area (Å²) in [5, 5.41) is 5.41. The molecule has 208 valence electrons. The summed E-state index contributed by atoms with van der Waals surface area (Å²) in [5.41, 5.74) is 0.0974. The Morgan fingerprint density at radius 2 is 1.84 bits per heavy atom. The molecule has 0 heterocycles. The molecule has 0 aliphatic heterocycles. The molecule has 9 heteroatoms. The quantitative estimate of drug-likeness (QED) is 0.230. The smallest absolute Gasteiger partial charge is 0.408 e. The van der Waals surface area contributed by atoms with Crippen molar-refractivity contribution in [3.8, 4) is 12.3 Å². The van der Waals surface area contributed by atoms with Crippen LogP contribution >= 0.6 is 0 Å². The molecule has 38 heavy (non-hydrogen) atoms. The van der Waals surface area contributed by atoms with E-state index in [-0.39, 0.29) is 32.0 Å². The van der Waals surface area contributed by atoms with Gasteiger partial charge >= 0.3 is 12.1 Å². The van der Waals surface area contributed by atoms with E-state index in [1.165, 1.54) is 11.0 Å². The number of nitrogens with zero attached hydrogens (tertiary/aromatic N) is 1. The fourth-order valence-corrected chi connectivity index (χ4v) is 3.69. The van der Waals surface area contributed by atoms with Gasteiger partial charge in [0.1, 0.15) is 17.7 Å². The van der Waals surface area contributed by atoms with Crippen molar-refractivity contribution in [1.29, 1.82) is 0 Å². The van der Waals surface area contributed by atoms with Gasteiger partial charge in [0.15, 0.2) is 0 Å². The number of carbonyl (C=O) groups is 4. The fourth-order valence-electron chi connectivity index (χ4n) is 3.69. The average molecular weight is 528 g/mol. The minimum Gasteiger partial charge on any atom is -0.466 e. The van der Waals surface area contributed by atoms with Gasteiger partial charge in [-0.1, -0.05) is 50.5 Å². The summed E-state index contributed by atoms with van der Waals surface area (Å²) in [7, 11) is 0. The first kappa shape index (κ1) is 32.2. The summed E-state index contributed by atoms with van der Waals surface area (Å²) in [6, 6.07) is 4.67. The summed E-state index contributed by atoms with van der Waals surface area (Å²) in [6.07, 6.45) is 7.02. The molecule has 3 atom stereocenters. The second-order valence-electron chi connectivity index (χ2n) is 9.77. The molecule has 0 saturated carbocycles. The van der Waals surface area contributed by atoms with Crippen molar-refractivity contribution in [3.05, 3.63) is 48.0 Å². The zero-order chi connectivity index (χ0) is 28.9. The summed E-state index contributed by atoms with van der Waals surface area (Å²) in [5.74, 6) is 0.806. The van der Waals surface area contributed by atoms with Crippen LogP contribution in [-0.4, -0.2) is 60.1 Å². The van der Waals surface area contributed by atoms with Crippen molar-refractivity contribution in [3.63, 3.8) is 0 Å². The molecule has 0 saturated heterocycles. The van der Waals surface area contributed by atoms with Crippen molar-refractivity contribution in [2.45, 2.75) is 72.1 Å². The van der Waals surface area contributed by atoms with E-state index in [1.807, 2.05) is 13.8 Å². The van der Waals surface area contributed by atoms with Crippen molar-refractivity contribution >= 4 is 23.9 Å². The van der Waals surface area contributed by atoms with Gasteiger partial charge in [0.2, 0.25) is 11.8 Å². The Hall–Kier alpha value is -3.80. The van der Waals surface area contributed by atoms with E-state index >= 15 is 0 Å². The highest BCUT2D eigenvalue weighted by molar-refractivity contribution is 5.93. The molecule has 0 aliphatic carbocycles. The standard InChI is InChI=1S/C29H41N3O6/c1-9-19-32(27(35)24(20(5)10-2)31-28(36)38-29(6,7)8)25(22-16-14-13-15-21(22)11-3)26(34)30-18-17-23(33)37-12-4/h3,9,13-16,20,24-25H,1,10,12,17-19H2,2,4-8H3,(H,30,34)(H,31,36). The lowest BCUT2D eigenvalue weighted by atomic mass is 9.94. The summed E-state index contributed by atoms with van der Waals surface area (Å²) >= 11 is 0. The van der Waals surface area contributed by atoms with Crippen molar-refractivity contribution < 1.29 is 28.7 Å². The maximum Gasteiger partial charge on any atom is 0.408 e. The Bertz CT molecular complexity index is 1020. The maximum atomic E-state index is 14.0. The van der Waals surface area contributed by atoms with Crippen LogP contribution < -0.4 is 10.6 Å². The number of hydrogen-bond acceptors (Lipinski definition) is 6. The summed E-state index contributed by atoms with van der Waals surface area (Å²) < 4.78 is 10.3. The monoisotopic (exact) mass is 527 g/mol. The van der Waals surface area contributed by atoms with Gasteiger partial charge in [0, 0.05) is 18.7 Å². The van der Waals surface area contributed by atoms with Crippen LogP contribution in [0.5, 0.6) is 0 Å². The molecule has 2 N–H and O–H groups in total. The Morgan fingerprint density at radius 1 is 1.18 bits per heavy atom. The van der Waals surface area contributed by atoms with E-state index < -0.39 is 41.6 Å². The van der Waals surface area contributed by atoms with Crippen LogP contribution in [-0.2, 0) is 23.9 Å². The maximum absolute atomic E-state index is 14.0. The van der Waals surface area contributed by atoms with Gasteiger partial charge in [-0.15, -0.1) is 13.0 Å². The van der Waals surface area contributed by atoms with Gasteiger partial charge in [0.05, 0.1) is 13.0 Å². The topological polar surface area (TPSA) is 114 Å². The zero-order valence-corrected chi connectivity index (χ0v) is 23.3. The second kappa shape index (κ2) is 15.5. The Balaban J connectivity index is 3.47. The van der Waals surface area contributed by atoms with Crippen LogP contribution in [0.3, 0.4) is 0 Å². The minimum atomic E-state index is -1.15. The molecule has 0 spiro atoms. The lowest BCUT2D eigenvalue weighted by Gasteiger charge is -2.35. The van der Waals surface area contributed by atoms with Crippen LogP contribution in [0, 0.1) is 18.3 Å². The number of hydrogen-bond donors (Lipinski definition) is 2. The van der Waals surface area contributed by atoms with Crippen LogP contribution in [0.4, 0.5) is 4.79 Å². The van der Waals surface area contributed by atoms with E-state index in [0.29, 0.717) is 17.5 Å². The predicted molar refractivity (Wildman–Crippen MR) is 146 cm³/mol. The highest BCUT2D eigenvalue weighted by Crippen LogP contribution is 2.27. The number of amides is 3. The predicted octanol–water partition coefficient (Wildman–Crippen LogP) is 3.73. The van der Waals surface area contributed by atoms with Crippen molar-refractivity contribution in [2.75, 3.05) is 19.7 Å². The van der Waals surface area contributed by atoms with E-state index in [9.17, 15) is 19.2 Å². The number of nitrogens with one attached hydrogen (secondary N) is 2. The Kier molecular flexibility index (Phi) is 13.1. The molecule has 9 nitrogen and oxygen atoms in total. The van der Waals surface area contributed by atoms with Gasteiger partial charge in [-0.05, 0) is 45.2 Å². The number of esters is 1. The van der Waals surface area contributed by atoms with E-state index in [1.54, 1.807) is 52.0 Å². The Morgan fingerprint density at radius 3 is 2.39 bits per heavy atom. The summed E-state index contributed by atoms with van der Waals surface area (Å²) in [6.45, 7) is 14.6. The van der Waals surface area contributed by atoms with Gasteiger partial charge in [-0.25, -0.2) is 4.79 Å². The number of terminal acetylenes is 1. The third-order valence-corrected chi connectivity index (χ3v) is 5.66. The van der Waals surface area contributed by atoms with Crippen LogP contribution in [0.2, 0.25) is 0 Å². The van der Waals surface area contributed by atoms with Crippen LogP contribution in [0.1, 0.15) is 71.6 Å². The molecule has 1 rings (SSSR count). The zero-order valence-electron chi connectivity index (χ0n) is 23.3. The van der Waals surface area contributed by atoms with Crippen molar-refractivity contribution in [2.24, 2.45) is 5.92 Å². The first-order valence-corrected chi connectivity index (χ1v) is 12.8. The van der Waals surface area contributed by atoms with E-state index in [0.717, 1.165) is 0 Å². The first-order chi connectivity index (χ1) is 17.9.